The molecule has 0 bridgehead atoms. The maximum Gasteiger partial charge on any atom is 0.328 e. The quantitative estimate of drug-likeness (QED) is 0.286. The summed E-state index contributed by atoms with van der Waals surface area (Å²) in [5.41, 5.74) is 1.76. The number of carbonyl (C=O) groups excluding carboxylic acids is 1. The number of aliphatic carboxylic acids is 2. The van der Waals surface area contributed by atoms with Crippen LogP contribution in [0, 0.1) is 5.82 Å². The topological polar surface area (TPSA) is 133 Å². The molecule has 10 nitrogen and oxygen atoms in total. The van der Waals surface area contributed by atoms with Crippen LogP contribution in [0.3, 0.4) is 0 Å². The predicted molar refractivity (Wildman–Crippen MR) is 141 cm³/mol. The lowest BCUT2D eigenvalue weighted by atomic mass is 10.2. The lowest BCUT2D eigenvalue weighted by Gasteiger charge is -2.22. The first-order valence-corrected chi connectivity index (χ1v) is 12.1. The fraction of sp³-hybridized carbons (Fsp3) is 0.269. The van der Waals surface area contributed by atoms with Gasteiger partial charge in [-0.3, -0.25) is 0 Å². The summed E-state index contributed by atoms with van der Waals surface area (Å²) < 4.78 is 21.4. The van der Waals surface area contributed by atoms with E-state index in [1.165, 1.54) is 12.1 Å². The highest BCUT2D eigenvalue weighted by Gasteiger charge is 2.29. The molecule has 4 N–H and O–H groups in total. The summed E-state index contributed by atoms with van der Waals surface area (Å²) in [6.45, 7) is 2.49. The summed E-state index contributed by atoms with van der Waals surface area (Å²) in [6, 6.07) is 12.0. The zero-order valence-electron chi connectivity index (χ0n) is 20.6. The number of rotatable bonds is 10. The van der Waals surface area contributed by atoms with Crippen LogP contribution in [0.15, 0.2) is 60.8 Å². The summed E-state index contributed by atoms with van der Waals surface area (Å²) in [7, 11) is 1.87. The van der Waals surface area contributed by atoms with E-state index in [1.54, 1.807) is 12.1 Å². The van der Waals surface area contributed by atoms with E-state index in [1.807, 2.05) is 40.9 Å². The van der Waals surface area contributed by atoms with Crippen LogP contribution in [0.25, 0.3) is 16.6 Å². The average molecular weight is 547 g/mol. The Labute approximate surface area is 223 Å². The number of carboxylic acids is 2. The zero-order valence-corrected chi connectivity index (χ0v) is 21.3. The average Bonchev–Trinajstić information content (AvgIpc) is 3.42. The molecule has 2 amide bonds. The van der Waals surface area contributed by atoms with Gasteiger partial charge in [0.2, 0.25) is 0 Å². The predicted octanol–water partition coefficient (Wildman–Crippen LogP) is 3.52. The molecule has 1 aliphatic rings. The molecule has 0 saturated carbocycles. The van der Waals surface area contributed by atoms with Gasteiger partial charge in [0, 0.05) is 54.3 Å². The molecule has 0 spiro atoms. The molecule has 2 heterocycles. The second-order valence-electron chi connectivity index (χ2n) is 8.29. The summed E-state index contributed by atoms with van der Waals surface area (Å²) >= 11 is 6.22. The van der Waals surface area contributed by atoms with Crippen LogP contribution >= 0.6 is 11.6 Å². The number of carboxylic acid groups (broad SMARTS) is 2. The number of amides is 2. The number of halogens is 2. The summed E-state index contributed by atoms with van der Waals surface area (Å²) in [5.74, 6) is -2.09. The molecular formula is C26H28ClFN4O6. The first-order chi connectivity index (χ1) is 18.2. The van der Waals surface area contributed by atoms with Crippen molar-refractivity contribution >= 4 is 40.5 Å². The van der Waals surface area contributed by atoms with Gasteiger partial charge < -0.3 is 35.1 Å². The molecule has 1 aromatic heterocycles. The van der Waals surface area contributed by atoms with E-state index in [0.717, 1.165) is 23.1 Å². The highest BCUT2D eigenvalue weighted by Crippen LogP contribution is 2.33. The van der Waals surface area contributed by atoms with Crippen LogP contribution in [-0.2, 0) is 9.59 Å². The Morgan fingerprint density at radius 3 is 2.50 bits per heavy atom. The number of carbonyl (C=O) groups is 3. The monoisotopic (exact) mass is 546 g/mol. The second-order valence-corrected chi connectivity index (χ2v) is 8.72. The first kappa shape index (κ1) is 28.5. The van der Waals surface area contributed by atoms with Crippen LogP contribution in [0.5, 0.6) is 5.75 Å². The normalized spacial score (nSPS) is 14.9. The maximum absolute atomic E-state index is 13.3. The minimum Gasteiger partial charge on any atom is -0.491 e. The third kappa shape index (κ3) is 7.70. The van der Waals surface area contributed by atoms with Gasteiger partial charge in [-0.1, -0.05) is 11.6 Å². The van der Waals surface area contributed by atoms with Gasteiger partial charge in [-0.25, -0.2) is 18.8 Å². The van der Waals surface area contributed by atoms with Crippen molar-refractivity contribution in [1.82, 2.24) is 20.1 Å². The maximum atomic E-state index is 13.3. The molecule has 0 aliphatic carbocycles. The number of ether oxygens (including phenoxy) is 1. The number of hydrogen-bond acceptors (Lipinski definition) is 5. The van der Waals surface area contributed by atoms with Crippen molar-refractivity contribution < 1.29 is 33.7 Å². The third-order valence-corrected chi connectivity index (χ3v) is 5.94. The van der Waals surface area contributed by atoms with Crippen LogP contribution in [0.2, 0.25) is 5.02 Å². The standard InChI is InChI=1S/C22H24ClFN4O2.C4H4O4/c1-25-9-10-27-18(13-26-22(27)29)8-11-30-21-14-28(17-5-3-16(24)4-6-17)20-7-2-15(23)12-19(20)21;5-3(6)1-2-4(7)8/h2-7,12,14,18,25H,8-11,13H2,1H3,(H,26,29);1-2H,(H,5,6)(H,7,8)/b;2-1-. The fourth-order valence-corrected chi connectivity index (χ4v) is 4.08. The van der Waals surface area contributed by atoms with E-state index in [9.17, 15) is 18.8 Å². The van der Waals surface area contributed by atoms with Crippen molar-refractivity contribution in [3.63, 3.8) is 0 Å². The van der Waals surface area contributed by atoms with Crippen LogP contribution in [0.1, 0.15) is 6.42 Å². The van der Waals surface area contributed by atoms with E-state index in [-0.39, 0.29) is 17.9 Å². The molecule has 1 atom stereocenters. The number of urea groups is 1. The molecule has 1 aliphatic heterocycles. The second kappa shape index (κ2) is 13.5. The number of hydrogen-bond donors (Lipinski definition) is 4. The van der Waals surface area contributed by atoms with Gasteiger partial charge >= 0.3 is 18.0 Å². The number of likely N-dealkylation sites (N-methyl/N-ethyl adjacent to an activating group) is 1. The molecule has 4 rings (SSSR count). The zero-order chi connectivity index (χ0) is 27.7. The molecule has 38 heavy (non-hydrogen) atoms. The highest BCUT2D eigenvalue weighted by molar-refractivity contribution is 6.31. The van der Waals surface area contributed by atoms with Gasteiger partial charge in [0.1, 0.15) is 11.6 Å². The minimum absolute atomic E-state index is 0.0325. The molecule has 0 radical (unpaired) electrons. The molecule has 12 heteroatoms. The first-order valence-electron chi connectivity index (χ1n) is 11.7. The van der Waals surface area contributed by atoms with Crippen LogP contribution < -0.4 is 15.4 Å². The molecule has 1 unspecified atom stereocenters. The van der Waals surface area contributed by atoms with Crippen LogP contribution in [-0.4, -0.2) is 77.0 Å². The highest BCUT2D eigenvalue weighted by atomic mass is 35.5. The lowest BCUT2D eigenvalue weighted by molar-refractivity contribution is -0.134. The van der Waals surface area contributed by atoms with Crippen molar-refractivity contribution in [2.75, 3.05) is 33.3 Å². The third-order valence-electron chi connectivity index (χ3n) is 5.71. The van der Waals surface area contributed by atoms with Crippen molar-refractivity contribution in [2.45, 2.75) is 12.5 Å². The van der Waals surface area contributed by atoms with E-state index in [4.69, 9.17) is 26.6 Å². The molecule has 1 saturated heterocycles. The van der Waals surface area contributed by atoms with Crippen molar-refractivity contribution in [2.24, 2.45) is 0 Å². The van der Waals surface area contributed by atoms with Gasteiger partial charge in [0.25, 0.3) is 0 Å². The summed E-state index contributed by atoms with van der Waals surface area (Å²) in [5, 5.41) is 23.1. The van der Waals surface area contributed by atoms with Crippen molar-refractivity contribution in [3.8, 4) is 11.4 Å². The Hall–Kier alpha value is -4.09. The Balaban J connectivity index is 0.000000436. The largest absolute Gasteiger partial charge is 0.491 e. The van der Waals surface area contributed by atoms with E-state index in [0.29, 0.717) is 49.0 Å². The van der Waals surface area contributed by atoms with Gasteiger partial charge in [-0.2, -0.15) is 0 Å². The van der Waals surface area contributed by atoms with Gasteiger partial charge in [-0.05, 0) is 49.5 Å². The number of fused-ring (bicyclic) bond motifs is 1. The Kier molecular flexibility index (Phi) is 10.1. The number of benzene rings is 2. The Morgan fingerprint density at radius 1 is 1.18 bits per heavy atom. The SMILES string of the molecule is CNCCN1C(=O)NCC1CCOc1cn(-c2ccc(F)cc2)c2ccc(Cl)cc12.O=C(O)/C=C\C(=O)O. The van der Waals surface area contributed by atoms with E-state index in [2.05, 4.69) is 10.6 Å². The van der Waals surface area contributed by atoms with Gasteiger partial charge in [0.05, 0.1) is 24.4 Å². The summed E-state index contributed by atoms with van der Waals surface area (Å²) in [6.07, 6.45) is 3.72. The molecule has 3 aromatic rings. The molecule has 1 fully saturated rings. The Bertz CT molecular complexity index is 1300. The smallest absolute Gasteiger partial charge is 0.328 e. The number of nitrogens with zero attached hydrogens (tertiary/aromatic N) is 2. The minimum atomic E-state index is -1.26. The van der Waals surface area contributed by atoms with Crippen LogP contribution in [0.4, 0.5) is 9.18 Å². The molecular weight excluding hydrogens is 519 g/mol. The van der Waals surface area contributed by atoms with E-state index >= 15 is 0 Å². The fourth-order valence-electron chi connectivity index (χ4n) is 3.91. The number of nitrogens with one attached hydrogen (secondary N) is 2. The Morgan fingerprint density at radius 2 is 1.87 bits per heavy atom. The molecule has 202 valence electrons. The van der Waals surface area contributed by atoms with E-state index < -0.39 is 11.9 Å². The number of aromatic nitrogens is 1. The summed E-state index contributed by atoms with van der Waals surface area (Å²) in [4.78, 5) is 33.0. The molecule has 2 aromatic carbocycles. The lowest BCUT2D eigenvalue weighted by Crippen LogP contribution is -2.39. The van der Waals surface area contributed by atoms with Crippen molar-refractivity contribution in [3.05, 3.63) is 71.7 Å². The van der Waals surface area contributed by atoms with Gasteiger partial charge in [-0.15, -0.1) is 0 Å². The van der Waals surface area contributed by atoms with Gasteiger partial charge in [0.15, 0.2) is 0 Å². The van der Waals surface area contributed by atoms with Crippen molar-refractivity contribution in [1.29, 1.82) is 0 Å².